The van der Waals surface area contributed by atoms with Gasteiger partial charge in [0.2, 0.25) is 5.91 Å². The maximum absolute atomic E-state index is 14.7. The van der Waals surface area contributed by atoms with Crippen molar-refractivity contribution in [2.75, 3.05) is 13.1 Å². The Labute approximate surface area is 154 Å². The van der Waals surface area contributed by atoms with Crippen molar-refractivity contribution in [2.45, 2.75) is 37.6 Å². The first kappa shape index (κ1) is 17.2. The van der Waals surface area contributed by atoms with Gasteiger partial charge < -0.3 is 10.6 Å². The number of likely N-dealkylation sites (tertiary alicyclic amines) is 1. The summed E-state index contributed by atoms with van der Waals surface area (Å²) in [7, 11) is 0. The smallest absolute Gasteiger partial charge is 0.226 e. The van der Waals surface area contributed by atoms with Gasteiger partial charge in [-0.1, -0.05) is 42.5 Å². The zero-order valence-electron chi connectivity index (χ0n) is 14.9. The normalized spacial score (nSPS) is 25.6. The van der Waals surface area contributed by atoms with Crippen molar-refractivity contribution < 1.29 is 9.18 Å². The second-order valence-corrected chi connectivity index (χ2v) is 7.53. The Hall–Kier alpha value is -2.20. The third-order valence-corrected chi connectivity index (χ3v) is 5.70. The Morgan fingerprint density at radius 1 is 1.04 bits per heavy atom. The predicted molar refractivity (Wildman–Crippen MR) is 101 cm³/mol. The molecule has 1 heterocycles. The van der Waals surface area contributed by atoms with Gasteiger partial charge in [0.15, 0.2) is 0 Å². The lowest BCUT2D eigenvalue weighted by Gasteiger charge is -2.21. The number of nitrogens with two attached hydrogens (primary N) is 1. The van der Waals surface area contributed by atoms with E-state index in [1.54, 1.807) is 6.07 Å². The molecule has 4 rings (SSSR count). The van der Waals surface area contributed by atoms with Gasteiger partial charge in [-0.25, -0.2) is 4.39 Å². The van der Waals surface area contributed by atoms with Gasteiger partial charge in [0.25, 0.3) is 0 Å². The maximum Gasteiger partial charge on any atom is 0.226 e. The number of hydrogen-bond acceptors (Lipinski definition) is 2. The second kappa shape index (κ2) is 7.20. The average molecular weight is 352 g/mol. The summed E-state index contributed by atoms with van der Waals surface area (Å²) in [5, 5.41) is 0. The summed E-state index contributed by atoms with van der Waals surface area (Å²) >= 11 is 0. The number of nitrogens with zero attached hydrogens (tertiary/aromatic N) is 1. The van der Waals surface area contributed by atoms with Crippen molar-refractivity contribution in [3.63, 3.8) is 0 Å². The molecule has 1 amide bonds. The molecule has 2 aromatic carbocycles. The molecule has 26 heavy (non-hydrogen) atoms. The van der Waals surface area contributed by atoms with Gasteiger partial charge in [-0.05, 0) is 54.4 Å². The first-order valence-electron chi connectivity index (χ1n) is 9.53. The van der Waals surface area contributed by atoms with Crippen molar-refractivity contribution in [2.24, 2.45) is 11.7 Å². The Balaban J connectivity index is 1.56. The van der Waals surface area contributed by atoms with Gasteiger partial charge in [-0.3, -0.25) is 4.79 Å². The van der Waals surface area contributed by atoms with Crippen LogP contribution in [-0.4, -0.2) is 29.9 Å². The van der Waals surface area contributed by atoms with Crippen LogP contribution in [0.4, 0.5) is 4.39 Å². The van der Waals surface area contributed by atoms with Crippen molar-refractivity contribution in [1.82, 2.24) is 4.90 Å². The van der Waals surface area contributed by atoms with E-state index in [-0.39, 0.29) is 29.6 Å². The first-order valence-corrected chi connectivity index (χ1v) is 9.53. The Bertz CT molecular complexity index is 792. The molecule has 0 bridgehead atoms. The number of rotatable bonds is 3. The topological polar surface area (TPSA) is 46.3 Å². The first-order chi connectivity index (χ1) is 12.6. The molecular weight excluding hydrogens is 327 g/mol. The zero-order chi connectivity index (χ0) is 18.1. The van der Waals surface area contributed by atoms with E-state index in [9.17, 15) is 9.18 Å². The third kappa shape index (κ3) is 3.38. The molecule has 4 heteroatoms. The van der Waals surface area contributed by atoms with Crippen molar-refractivity contribution in [1.29, 1.82) is 0 Å². The summed E-state index contributed by atoms with van der Waals surface area (Å²) < 4.78 is 14.7. The molecule has 1 aliphatic heterocycles. The largest absolute Gasteiger partial charge is 0.342 e. The fourth-order valence-corrected chi connectivity index (χ4v) is 4.15. The molecule has 0 radical (unpaired) electrons. The molecule has 2 aliphatic rings. The Kier molecular flexibility index (Phi) is 4.77. The van der Waals surface area contributed by atoms with E-state index in [1.807, 2.05) is 41.3 Å². The van der Waals surface area contributed by atoms with Crippen LogP contribution < -0.4 is 5.73 Å². The fourth-order valence-electron chi connectivity index (χ4n) is 4.15. The van der Waals surface area contributed by atoms with Crippen molar-refractivity contribution >= 4 is 5.91 Å². The van der Waals surface area contributed by atoms with E-state index in [0.717, 1.165) is 49.9 Å². The lowest BCUT2D eigenvalue weighted by atomic mass is 9.95. The van der Waals surface area contributed by atoms with Crippen LogP contribution in [0.15, 0.2) is 48.5 Å². The molecule has 2 fully saturated rings. The standard InChI is InChI=1S/C22H25FN2O/c23-20-10-4-9-17(15-6-2-1-3-7-15)21(20)18-14-19(18)22(26)25-12-5-8-16(24)11-13-25/h1-4,6-7,9-10,16,18-19H,5,8,11-14,24H2. The minimum atomic E-state index is -0.204. The summed E-state index contributed by atoms with van der Waals surface area (Å²) in [5.41, 5.74) is 8.63. The number of halogens is 1. The molecule has 3 unspecified atom stereocenters. The summed E-state index contributed by atoms with van der Waals surface area (Å²) in [6, 6.07) is 15.3. The summed E-state index contributed by atoms with van der Waals surface area (Å²) in [6.07, 6.45) is 3.53. The van der Waals surface area contributed by atoms with Crippen LogP contribution in [0.5, 0.6) is 0 Å². The van der Waals surface area contributed by atoms with Gasteiger partial charge in [-0.2, -0.15) is 0 Å². The highest BCUT2D eigenvalue weighted by atomic mass is 19.1. The number of amides is 1. The second-order valence-electron chi connectivity index (χ2n) is 7.53. The molecule has 0 spiro atoms. The zero-order valence-corrected chi connectivity index (χ0v) is 14.9. The maximum atomic E-state index is 14.7. The molecule has 2 aromatic rings. The van der Waals surface area contributed by atoms with Gasteiger partial charge in [-0.15, -0.1) is 0 Å². The quantitative estimate of drug-likeness (QED) is 0.909. The highest BCUT2D eigenvalue weighted by Crippen LogP contribution is 2.52. The number of carbonyl (C=O) groups is 1. The van der Waals surface area contributed by atoms with E-state index >= 15 is 0 Å². The Morgan fingerprint density at radius 3 is 2.65 bits per heavy atom. The van der Waals surface area contributed by atoms with E-state index in [1.165, 1.54) is 6.07 Å². The van der Waals surface area contributed by atoms with E-state index < -0.39 is 0 Å². The lowest BCUT2D eigenvalue weighted by Crippen LogP contribution is -2.34. The lowest BCUT2D eigenvalue weighted by molar-refractivity contribution is -0.132. The molecule has 136 valence electrons. The monoisotopic (exact) mass is 352 g/mol. The molecule has 0 aromatic heterocycles. The van der Waals surface area contributed by atoms with E-state index in [0.29, 0.717) is 5.56 Å². The molecule has 3 nitrogen and oxygen atoms in total. The highest BCUT2D eigenvalue weighted by Gasteiger charge is 2.47. The molecular formula is C22H25FN2O. The Morgan fingerprint density at radius 2 is 1.85 bits per heavy atom. The van der Waals surface area contributed by atoms with Crippen LogP contribution >= 0.6 is 0 Å². The third-order valence-electron chi connectivity index (χ3n) is 5.70. The molecule has 1 aliphatic carbocycles. The highest BCUT2D eigenvalue weighted by molar-refractivity contribution is 5.84. The predicted octanol–water partition coefficient (Wildman–Crippen LogP) is 3.94. The molecule has 1 saturated carbocycles. The van der Waals surface area contributed by atoms with Crippen LogP contribution in [0, 0.1) is 11.7 Å². The molecule has 2 N–H and O–H groups in total. The van der Waals surface area contributed by atoms with Gasteiger partial charge in [0, 0.05) is 25.0 Å². The SMILES string of the molecule is NC1CCCN(C(=O)C2CC2c2c(F)cccc2-c2ccccc2)CC1. The number of carbonyl (C=O) groups excluding carboxylic acids is 1. The van der Waals surface area contributed by atoms with Crippen LogP contribution in [0.2, 0.25) is 0 Å². The number of benzene rings is 2. The van der Waals surface area contributed by atoms with E-state index in [2.05, 4.69) is 0 Å². The minimum Gasteiger partial charge on any atom is -0.342 e. The van der Waals surface area contributed by atoms with Gasteiger partial charge in [0.1, 0.15) is 5.82 Å². The van der Waals surface area contributed by atoms with Gasteiger partial charge >= 0.3 is 0 Å². The van der Waals surface area contributed by atoms with E-state index in [4.69, 9.17) is 5.73 Å². The van der Waals surface area contributed by atoms with Crippen LogP contribution in [-0.2, 0) is 4.79 Å². The summed E-state index contributed by atoms with van der Waals surface area (Å²) in [5.74, 6) is -0.143. The number of hydrogen-bond donors (Lipinski definition) is 1. The van der Waals surface area contributed by atoms with Crippen LogP contribution in [0.1, 0.15) is 37.2 Å². The summed E-state index contributed by atoms with van der Waals surface area (Å²) in [6.45, 7) is 1.50. The van der Waals surface area contributed by atoms with Crippen LogP contribution in [0.3, 0.4) is 0 Å². The fraction of sp³-hybridized carbons (Fsp3) is 0.409. The van der Waals surface area contributed by atoms with Crippen LogP contribution in [0.25, 0.3) is 11.1 Å². The summed E-state index contributed by atoms with van der Waals surface area (Å²) in [4.78, 5) is 14.9. The van der Waals surface area contributed by atoms with Crippen molar-refractivity contribution in [3.8, 4) is 11.1 Å². The van der Waals surface area contributed by atoms with Gasteiger partial charge in [0.05, 0.1) is 0 Å². The molecule has 3 atom stereocenters. The minimum absolute atomic E-state index is 0.0177. The van der Waals surface area contributed by atoms with Crippen molar-refractivity contribution in [3.05, 3.63) is 59.9 Å². The molecule has 1 saturated heterocycles. The average Bonchev–Trinajstić information content (AvgIpc) is 3.46.